The molecule has 23 heavy (non-hydrogen) atoms. The highest BCUT2D eigenvalue weighted by Gasteiger charge is 2.24. The molecule has 0 bridgehead atoms. The predicted octanol–water partition coefficient (Wildman–Crippen LogP) is 1.30. The molecule has 1 amide bonds. The van der Waals surface area contributed by atoms with Gasteiger partial charge in [-0.3, -0.25) is 35.9 Å². The maximum atomic E-state index is 12.0. The van der Waals surface area contributed by atoms with Crippen LogP contribution in [-0.4, -0.2) is 25.5 Å². The highest BCUT2D eigenvalue weighted by Crippen LogP contribution is 2.26. The zero-order chi connectivity index (χ0) is 17.1. The van der Waals surface area contributed by atoms with Crippen LogP contribution < -0.4 is 10.9 Å². The Hall–Kier alpha value is -3.50. The maximum Gasteiger partial charge on any atom is 0.335 e. The minimum Gasteiger partial charge on any atom is -0.276 e. The molecule has 2 rings (SSSR count). The van der Waals surface area contributed by atoms with Crippen molar-refractivity contribution in [2.24, 2.45) is 7.05 Å². The average molecular weight is 320 g/mol. The lowest BCUT2D eigenvalue weighted by molar-refractivity contribution is -0.384. The van der Waals surface area contributed by atoms with Crippen molar-refractivity contribution in [1.29, 1.82) is 0 Å². The van der Waals surface area contributed by atoms with E-state index in [1.807, 2.05) is 0 Å². The van der Waals surface area contributed by atoms with E-state index in [1.54, 1.807) is 0 Å². The number of aromatic nitrogens is 2. The second kappa shape index (κ2) is 6.09. The summed E-state index contributed by atoms with van der Waals surface area (Å²) in [5.74, 6) is -0.587. The number of nitro benzene ring substituents is 1. The Morgan fingerprint density at radius 1 is 1.17 bits per heavy atom. The second-order valence-electron chi connectivity index (χ2n) is 4.55. The van der Waals surface area contributed by atoms with E-state index in [4.69, 9.17) is 0 Å². The number of carbonyl (C=O) groups excluding carboxylic acids is 1. The van der Waals surface area contributed by atoms with Crippen LogP contribution in [0, 0.1) is 27.2 Å². The fourth-order valence-corrected chi connectivity index (χ4v) is 1.93. The third-order valence-electron chi connectivity index (χ3n) is 3.01. The molecule has 0 aliphatic heterocycles. The Kier molecular flexibility index (Phi) is 4.21. The lowest BCUT2D eigenvalue weighted by atomic mass is 10.2. The van der Waals surface area contributed by atoms with Crippen molar-refractivity contribution in [1.82, 2.24) is 15.2 Å². The summed E-state index contributed by atoms with van der Waals surface area (Å²) in [5.41, 5.74) is 4.69. The summed E-state index contributed by atoms with van der Waals surface area (Å²) in [7, 11) is 1.49. The van der Waals surface area contributed by atoms with Gasteiger partial charge in [-0.05, 0) is 19.1 Å². The number of anilines is 1. The highest BCUT2D eigenvalue weighted by molar-refractivity contribution is 5.95. The lowest BCUT2D eigenvalue weighted by Gasteiger charge is -2.08. The van der Waals surface area contributed by atoms with Gasteiger partial charge in [0.05, 0.1) is 9.85 Å². The van der Waals surface area contributed by atoms with Crippen LogP contribution in [-0.2, 0) is 7.05 Å². The van der Waals surface area contributed by atoms with E-state index in [1.165, 1.54) is 42.9 Å². The molecule has 0 saturated heterocycles. The van der Waals surface area contributed by atoms with Crippen molar-refractivity contribution in [3.05, 3.63) is 55.8 Å². The molecule has 0 radical (unpaired) electrons. The van der Waals surface area contributed by atoms with Gasteiger partial charge < -0.3 is 0 Å². The van der Waals surface area contributed by atoms with Crippen LogP contribution >= 0.6 is 0 Å². The van der Waals surface area contributed by atoms with E-state index in [9.17, 15) is 25.0 Å². The molecule has 11 heteroatoms. The third-order valence-corrected chi connectivity index (χ3v) is 3.01. The SMILES string of the molecule is Cc1nn(C)c(NNC(=O)c2ccc([N+](=O)[O-])cc2)c1[N+](=O)[O-]. The topological polar surface area (TPSA) is 145 Å². The first-order valence-electron chi connectivity index (χ1n) is 6.30. The number of hydrazine groups is 1. The largest absolute Gasteiger partial charge is 0.335 e. The molecule has 0 fully saturated rings. The number of rotatable bonds is 5. The first-order chi connectivity index (χ1) is 10.8. The highest BCUT2D eigenvalue weighted by atomic mass is 16.6. The molecule has 0 atom stereocenters. The summed E-state index contributed by atoms with van der Waals surface area (Å²) in [6.45, 7) is 1.47. The summed E-state index contributed by atoms with van der Waals surface area (Å²) in [6.07, 6.45) is 0. The van der Waals surface area contributed by atoms with Crippen molar-refractivity contribution >= 4 is 23.1 Å². The average Bonchev–Trinajstić information content (AvgIpc) is 2.78. The summed E-state index contributed by atoms with van der Waals surface area (Å²) in [5, 5.41) is 25.5. The van der Waals surface area contributed by atoms with Crippen molar-refractivity contribution in [2.45, 2.75) is 6.92 Å². The molecule has 0 saturated carbocycles. The zero-order valence-corrected chi connectivity index (χ0v) is 12.1. The summed E-state index contributed by atoms with van der Waals surface area (Å²) in [4.78, 5) is 32.3. The number of hydrogen-bond acceptors (Lipinski definition) is 7. The molecular weight excluding hydrogens is 308 g/mol. The molecule has 2 N–H and O–H groups in total. The van der Waals surface area contributed by atoms with E-state index in [2.05, 4.69) is 16.0 Å². The maximum absolute atomic E-state index is 12.0. The molecule has 1 aromatic carbocycles. The predicted molar refractivity (Wildman–Crippen MR) is 78.8 cm³/mol. The standard InChI is InChI=1S/C12H12N6O5/c1-7-10(18(22)23)11(16(2)15-7)13-14-12(19)8-3-5-9(6-4-8)17(20)21/h3-6,13H,1-2H3,(H,14,19). The van der Waals surface area contributed by atoms with Crippen LogP contribution in [0.2, 0.25) is 0 Å². The Bertz CT molecular complexity index is 782. The molecule has 2 aromatic rings. The number of nitrogens with zero attached hydrogens (tertiary/aromatic N) is 4. The second-order valence-corrected chi connectivity index (χ2v) is 4.55. The number of nitro groups is 2. The van der Waals surface area contributed by atoms with Gasteiger partial charge in [0.25, 0.3) is 11.6 Å². The normalized spacial score (nSPS) is 10.2. The number of carbonyl (C=O) groups is 1. The van der Waals surface area contributed by atoms with E-state index >= 15 is 0 Å². The monoisotopic (exact) mass is 320 g/mol. The zero-order valence-electron chi connectivity index (χ0n) is 12.1. The van der Waals surface area contributed by atoms with E-state index < -0.39 is 15.8 Å². The lowest BCUT2D eigenvalue weighted by Crippen LogP contribution is -2.30. The number of hydrogen-bond donors (Lipinski definition) is 2. The smallest absolute Gasteiger partial charge is 0.276 e. The molecule has 0 unspecified atom stereocenters. The van der Waals surface area contributed by atoms with E-state index in [-0.39, 0.29) is 28.5 Å². The van der Waals surface area contributed by atoms with Gasteiger partial charge in [-0.25, -0.2) is 4.68 Å². The van der Waals surface area contributed by atoms with Gasteiger partial charge in [0.15, 0.2) is 0 Å². The van der Waals surface area contributed by atoms with Crippen LogP contribution in [0.4, 0.5) is 17.2 Å². The Labute approximate surface area is 129 Å². The van der Waals surface area contributed by atoms with Crippen LogP contribution in [0.15, 0.2) is 24.3 Å². The summed E-state index contributed by atoms with van der Waals surface area (Å²) < 4.78 is 1.23. The van der Waals surface area contributed by atoms with Crippen molar-refractivity contribution < 1.29 is 14.6 Å². The Balaban J connectivity index is 2.13. The molecule has 120 valence electrons. The molecule has 0 spiro atoms. The summed E-state index contributed by atoms with van der Waals surface area (Å²) in [6, 6.07) is 4.92. The van der Waals surface area contributed by atoms with Gasteiger partial charge in [0.1, 0.15) is 5.69 Å². The number of benzene rings is 1. The van der Waals surface area contributed by atoms with Crippen LogP contribution in [0.25, 0.3) is 0 Å². The van der Waals surface area contributed by atoms with Gasteiger partial charge in [0, 0.05) is 24.7 Å². The van der Waals surface area contributed by atoms with Crippen LogP contribution in [0.3, 0.4) is 0 Å². The number of nitrogens with one attached hydrogen (secondary N) is 2. The molecule has 1 aromatic heterocycles. The molecule has 1 heterocycles. The van der Waals surface area contributed by atoms with Crippen molar-refractivity contribution in [3.63, 3.8) is 0 Å². The van der Waals surface area contributed by atoms with Gasteiger partial charge in [-0.1, -0.05) is 0 Å². The molecular formula is C12H12N6O5. The van der Waals surface area contributed by atoms with Gasteiger partial charge in [0.2, 0.25) is 5.82 Å². The van der Waals surface area contributed by atoms with E-state index in [0.29, 0.717) is 0 Å². The first kappa shape index (κ1) is 15.9. The minimum absolute atomic E-state index is 0.0164. The number of aryl methyl sites for hydroxylation is 2. The molecule has 11 nitrogen and oxygen atoms in total. The fraction of sp³-hybridized carbons (Fsp3) is 0.167. The van der Waals surface area contributed by atoms with Gasteiger partial charge in [-0.2, -0.15) is 5.10 Å². The quantitative estimate of drug-likeness (QED) is 0.623. The number of amides is 1. The van der Waals surface area contributed by atoms with Gasteiger partial charge in [-0.15, -0.1) is 0 Å². The summed E-state index contributed by atoms with van der Waals surface area (Å²) >= 11 is 0. The van der Waals surface area contributed by atoms with Gasteiger partial charge >= 0.3 is 5.69 Å². The molecule has 0 aliphatic rings. The fourth-order valence-electron chi connectivity index (χ4n) is 1.93. The van der Waals surface area contributed by atoms with Crippen molar-refractivity contribution in [2.75, 3.05) is 5.43 Å². The molecule has 0 aliphatic carbocycles. The minimum atomic E-state index is -0.608. The van der Waals surface area contributed by atoms with Crippen molar-refractivity contribution in [3.8, 4) is 0 Å². The van der Waals surface area contributed by atoms with Crippen LogP contribution in [0.1, 0.15) is 16.1 Å². The Morgan fingerprint density at radius 2 is 1.78 bits per heavy atom. The van der Waals surface area contributed by atoms with E-state index in [0.717, 1.165) is 0 Å². The Morgan fingerprint density at radius 3 is 2.30 bits per heavy atom. The first-order valence-corrected chi connectivity index (χ1v) is 6.30. The van der Waals surface area contributed by atoms with Crippen LogP contribution in [0.5, 0.6) is 0 Å². The third kappa shape index (κ3) is 3.23. The number of non-ortho nitro benzene ring substituents is 1.